The average Bonchev–Trinajstić information content (AvgIpc) is 2.77. The summed E-state index contributed by atoms with van der Waals surface area (Å²) >= 11 is 1.19. The van der Waals surface area contributed by atoms with E-state index in [1.807, 2.05) is 13.8 Å². The summed E-state index contributed by atoms with van der Waals surface area (Å²) in [5.74, 6) is 0.445. The molecule has 0 unspecified atom stereocenters. The number of aromatic nitrogens is 2. The third-order valence-electron chi connectivity index (χ3n) is 2.46. The maximum atomic E-state index is 12.2. The van der Waals surface area contributed by atoms with Gasteiger partial charge in [-0.15, -0.1) is 5.10 Å². The molecule has 0 fully saturated rings. The number of hydrogen-bond donors (Lipinski definition) is 2. The largest absolute Gasteiger partial charge is 0.399 e. The van der Waals surface area contributed by atoms with Crippen molar-refractivity contribution in [1.29, 1.82) is 0 Å². The van der Waals surface area contributed by atoms with Crippen molar-refractivity contribution in [3.63, 3.8) is 0 Å². The van der Waals surface area contributed by atoms with Crippen LogP contribution < -0.4 is 10.5 Å². The maximum Gasteiger partial charge on any atom is 0.263 e. The van der Waals surface area contributed by atoms with Crippen molar-refractivity contribution in [1.82, 2.24) is 9.59 Å². The summed E-state index contributed by atoms with van der Waals surface area (Å²) in [6, 6.07) is 5.98. The number of rotatable bonds is 4. The van der Waals surface area contributed by atoms with E-state index in [0.29, 0.717) is 5.69 Å². The van der Waals surface area contributed by atoms with E-state index in [4.69, 9.17) is 5.73 Å². The van der Waals surface area contributed by atoms with Gasteiger partial charge in [-0.05, 0) is 41.7 Å². The minimum absolute atomic E-state index is 0.143. The Kier molecular flexibility index (Phi) is 3.72. The number of nitrogen functional groups attached to an aromatic ring is 1. The van der Waals surface area contributed by atoms with E-state index >= 15 is 0 Å². The Morgan fingerprint density at radius 1 is 1.26 bits per heavy atom. The molecule has 0 aliphatic rings. The van der Waals surface area contributed by atoms with Gasteiger partial charge >= 0.3 is 0 Å². The van der Waals surface area contributed by atoms with E-state index in [-0.39, 0.29) is 16.6 Å². The normalized spacial score (nSPS) is 11.7. The van der Waals surface area contributed by atoms with Crippen LogP contribution in [0.3, 0.4) is 0 Å². The fourth-order valence-corrected chi connectivity index (χ4v) is 3.16. The zero-order chi connectivity index (χ0) is 14.0. The van der Waals surface area contributed by atoms with Crippen LogP contribution in [-0.4, -0.2) is 18.0 Å². The van der Waals surface area contributed by atoms with Gasteiger partial charge in [0, 0.05) is 5.69 Å². The summed E-state index contributed by atoms with van der Waals surface area (Å²) in [4.78, 5) is 0.948. The second-order valence-corrected chi connectivity index (χ2v) is 6.78. The zero-order valence-electron chi connectivity index (χ0n) is 10.5. The van der Waals surface area contributed by atoms with Crippen LogP contribution >= 0.6 is 11.5 Å². The molecule has 0 aliphatic heterocycles. The predicted octanol–water partition coefficient (Wildman–Crippen LogP) is 2.04. The molecule has 0 bridgehead atoms. The smallest absolute Gasteiger partial charge is 0.263 e. The number of nitrogens with two attached hydrogens (primary N) is 1. The Balaban J connectivity index is 2.31. The molecule has 0 radical (unpaired) electrons. The highest BCUT2D eigenvalue weighted by Crippen LogP contribution is 2.27. The fraction of sp³-hybridized carbons (Fsp3) is 0.273. The van der Waals surface area contributed by atoms with Crippen LogP contribution in [0.4, 0.5) is 11.5 Å². The summed E-state index contributed by atoms with van der Waals surface area (Å²) in [6.07, 6.45) is 0. The Labute approximate surface area is 115 Å². The lowest BCUT2D eigenvalue weighted by molar-refractivity contribution is 0.601. The molecule has 102 valence electrons. The molecule has 19 heavy (non-hydrogen) atoms. The molecule has 0 aliphatic carbocycles. The molecule has 0 saturated heterocycles. The molecule has 2 rings (SSSR count). The predicted molar refractivity (Wildman–Crippen MR) is 75.7 cm³/mol. The van der Waals surface area contributed by atoms with Gasteiger partial charge in [-0.2, -0.15) is 0 Å². The van der Waals surface area contributed by atoms with Crippen LogP contribution in [0.15, 0.2) is 29.2 Å². The van der Waals surface area contributed by atoms with Crippen molar-refractivity contribution in [3.05, 3.63) is 29.1 Å². The molecule has 1 aromatic carbocycles. The van der Waals surface area contributed by atoms with Gasteiger partial charge in [-0.3, -0.25) is 4.72 Å². The third kappa shape index (κ3) is 3.02. The van der Waals surface area contributed by atoms with E-state index < -0.39 is 10.0 Å². The van der Waals surface area contributed by atoms with E-state index in [1.165, 1.54) is 35.8 Å². The van der Waals surface area contributed by atoms with Gasteiger partial charge in [-0.1, -0.05) is 18.3 Å². The van der Waals surface area contributed by atoms with Crippen molar-refractivity contribution < 1.29 is 8.42 Å². The van der Waals surface area contributed by atoms with Gasteiger partial charge in [0.05, 0.1) is 9.77 Å². The summed E-state index contributed by atoms with van der Waals surface area (Å²) in [6.45, 7) is 3.91. The molecule has 3 N–H and O–H groups in total. The lowest BCUT2D eigenvalue weighted by atomic mass is 10.2. The monoisotopic (exact) mass is 298 g/mol. The molecule has 0 atom stereocenters. The Hall–Kier alpha value is -1.67. The van der Waals surface area contributed by atoms with E-state index in [9.17, 15) is 8.42 Å². The molecule has 0 spiro atoms. The van der Waals surface area contributed by atoms with Crippen molar-refractivity contribution in [2.24, 2.45) is 0 Å². The first-order chi connectivity index (χ1) is 8.90. The van der Waals surface area contributed by atoms with Crippen molar-refractivity contribution in [3.8, 4) is 0 Å². The van der Waals surface area contributed by atoms with Crippen LogP contribution in [0.2, 0.25) is 0 Å². The summed E-state index contributed by atoms with van der Waals surface area (Å²) < 4.78 is 30.6. The van der Waals surface area contributed by atoms with Crippen LogP contribution in [0.25, 0.3) is 0 Å². The SMILES string of the molecule is CC(C)c1snnc1NS(=O)(=O)c1ccc(N)cc1. The van der Waals surface area contributed by atoms with E-state index in [0.717, 1.165) is 4.88 Å². The first-order valence-electron chi connectivity index (χ1n) is 5.61. The standard InChI is InChI=1S/C11H14N4O2S2/c1-7(2)10-11(13-15-18-10)14-19(16,17)9-5-3-8(12)4-6-9/h3-7,14H,12H2,1-2H3. The van der Waals surface area contributed by atoms with Crippen molar-refractivity contribution in [2.75, 3.05) is 10.5 Å². The first kappa shape index (κ1) is 13.8. The van der Waals surface area contributed by atoms with Gasteiger partial charge in [0.2, 0.25) is 0 Å². The van der Waals surface area contributed by atoms with Gasteiger partial charge in [0.1, 0.15) is 0 Å². The number of hydrogen-bond acceptors (Lipinski definition) is 6. The van der Waals surface area contributed by atoms with Crippen LogP contribution in [0.1, 0.15) is 24.6 Å². The molecule has 0 saturated carbocycles. The van der Waals surface area contributed by atoms with Crippen LogP contribution in [0, 0.1) is 0 Å². The minimum atomic E-state index is -3.66. The summed E-state index contributed by atoms with van der Waals surface area (Å²) in [7, 11) is -3.66. The number of benzene rings is 1. The summed E-state index contributed by atoms with van der Waals surface area (Å²) in [5.41, 5.74) is 6.05. The Morgan fingerprint density at radius 2 is 1.89 bits per heavy atom. The lowest BCUT2D eigenvalue weighted by Crippen LogP contribution is -2.14. The topological polar surface area (TPSA) is 98.0 Å². The molecular weight excluding hydrogens is 284 g/mol. The number of nitrogens with one attached hydrogen (secondary N) is 1. The summed E-state index contributed by atoms with van der Waals surface area (Å²) in [5, 5.41) is 3.82. The number of sulfonamides is 1. The highest BCUT2D eigenvalue weighted by molar-refractivity contribution is 7.92. The second kappa shape index (κ2) is 5.14. The highest BCUT2D eigenvalue weighted by Gasteiger charge is 2.19. The first-order valence-corrected chi connectivity index (χ1v) is 7.86. The number of anilines is 2. The molecule has 2 aromatic rings. The van der Waals surface area contributed by atoms with Crippen molar-refractivity contribution in [2.45, 2.75) is 24.7 Å². The second-order valence-electron chi connectivity index (χ2n) is 4.32. The molecule has 6 nitrogen and oxygen atoms in total. The quantitative estimate of drug-likeness (QED) is 0.842. The van der Waals surface area contributed by atoms with Crippen LogP contribution in [0.5, 0.6) is 0 Å². The molecule has 8 heteroatoms. The molecule has 0 amide bonds. The number of nitrogens with zero attached hydrogens (tertiary/aromatic N) is 2. The zero-order valence-corrected chi connectivity index (χ0v) is 12.1. The lowest BCUT2D eigenvalue weighted by Gasteiger charge is -2.08. The fourth-order valence-electron chi connectivity index (χ4n) is 1.48. The van der Waals surface area contributed by atoms with Crippen molar-refractivity contribution >= 4 is 33.1 Å². The van der Waals surface area contributed by atoms with E-state index in [2.05, 4.69) is 14.3 Å². The third-order valence-corrected chi connectivity index (χ3v) is 4.84. The molecule has 1 aromatic heterocycles. The highest BCUT2D eigenvalue weighted by atomic mass is 32.2. The molecular formula is C11H14N4O2S2. The van der Waals surface area contributed by atoms with E-state index in [1.54, 1.807) is 0 Å². The van der Waals surface area contributed by atoms with Gasteiger partial charge < -0.3 is 5.73 Å². The van der Waals surface area contributed by atoms with Gasteiger partial charge in [0.15, 0.2) is 5.82 Å². The Bertz CT molecular complexity index is 662. The minimum Gasteiger partial charge on any atom is -0.399 e. The maximum absolute atomic E-state index is 12.2. The van der Waals surface area contributed by atoms with Gasteiger partial charge in [-0.25, -0.2) is 8.42 Å². The molecule has 1 heterocycles. The average molecular weight is 298 g/mol. The van der Waals surface area contributed by atoms with Gasteiger partial charge in [0.25, 0.3) is 10.0 Å². The van der Waals surface area contributed by atoms with Crippen LogP contribution in [-0.2, 0) is 10.0 Å². The Morgan fingerprint density at radius 3 is 2.47 bits per heavy atom.